The summed E-state index contributed by atoms with van der Waals surface area (Å²) in [5.74, 6) is -1.30. The van der Waals surface area contributed by atoms with Crippen LogP contribution in [-0.2, 0) is 4.79 Å². The van der Waals surface area contributed by atoms with E-state index in [1.807, 2.05) is 11.4 Å². The molecule has 0 radical (unpaired) electrons. The van der Waals surface area contributed by atoms with Gasteiger partial charge in [0.25, 0.3) is 0 Å². The summed E-state index contributed by atoms with van der Waals surface area (Å²) in [5.41, 5.74) is 0.884. The van der Waals surface area contributed by atoms with E-state index in [4.69, 9.17) is 5.11 Å². The third kappa shape index (κ3) is 2.41. The Labute approximate surface area is 116 Å². The van der Waals surface area contributed by atoms with Gasteiger partial charge in [-0.15, -0.1) is 11.3 Å². The van der Waals surface area contributed by atoms with E-state index in [1.165, 1.54) is 16.2 Å². The number of aromatic nitrogens is 1. The molecule has 2 aromatic heterocycles. The van der Waals surface area contributed by atoms with Crippen molar-refractivity contribution in [3.05, 3.63) is 11.4 Å². The zero-order chi connectivity index (χ0) is 13.4. The Balaban J connectivity index is 1.65. The van der Waals surface area contributed by atoms with Gasteiger partial charge in [0.1, 0.15) is 4.01 Å². The molecule has 1 saturated heterocycles. The fourth-order valence-electron chi connectivity index (χ4n) is 2.04. The number of thiophene rings is 1. The van der Waals surface area contributed by atoms with Gasteiger partial charge in [0, 0.05) is 13.1 Å². The van der Waals surface area contributed by atoms with Crippen LogP contribution in [0, 0.1) is 5.92 Å². The SMILES string of the molecule is O=C(O)C1CCN(C(=O)Nc2nc3ccsc3s2)C1. The Hall–Kier alpha value is -1.67. The second kappa shape index (κ2) is 4.78. The highest BCUT2D eigenvalue weighted by atomic mass is 32.2. The molecule has 6 nitrogen and oxygen atoms in total. The van der Waals surface area contributed by atoms with E-state index in [9.17, 15) is 9.59 Å². The maximum absolute atomic E-state index is 12.0. The third-order valence-corrected chi connectivity index (χ3v) is 5.08. The van der Waals surface area contributed by atoms with Gasteiger partial charge in [-0.2, -0.15) is 0 Å². The summed E-state index contributed by atoms with van der Waals surface area (Å²) in [4.78, 5) is 28.6. The minimum absolute atomic E-state index is 0.265. The molecule has 0 aliphatic carbocycles. The monoisotopic (exact) mass is 297 g/mol. The van der Waals surface area contributed by atoms with Crippen LogP contribution in [0.2, 0.25) is 0 Å². The second-order valence-corrected chi connectivity index (χ2v) is 6.49. The highest BCUT2D eigenvalue weighted by Gasteiger charge is 2.31. The van der Waals surface area contributed by atoms with Crippen LogP contribution in [0.15, 0.2) is 11.4 Å². The third-order valence-electron chi connectivity index (χ3n) is 3.06. The van der Waals surface area contributed by atoms with Gasteiger partial charge >= 0.3 is 12.0 Å². The molecule has 1 fully saturated rings. The lowest BCUT2D eigenvalue weighted by atomic mass is 10.1. The molecule has 0 aromatic carbocycles. The number of likely N-dealkylation sites (tertiary alicyclic amines) is 1. The van der Waals surface area contributed by atoms with E-state index < -0.39 is 11.9 Å². The number of anilines is 1. The number of nitrogens with zero attached hydrogens (tertiary/aromatic N) is 2. The van der Waals surface area contributed by atoms with Gasteiger partial charge in [-0.3, -0.25) is 10.1 Å². The van der Waals surface area contributed by atoms with Crippen molar-refractivity contribution >= 4 is 49.3 Å². The van der Waals surface area contributed by atoms with Crippen molar-refractivity contribution in [3.63, 3.8) is 0 Å². The van der Waals surface area contributed by atoms with E-state index >= 15 is 0 Å². The van der Waals surface area contributed by atoms with Crippen LogP contribution >= 0.6 is 22.7 Å². The molecule has 1 unspecified atom stereocenters. The molecule has 8 heteroatoms. The topological polar surface area (TPSA) is 82.5 Å². The van der Waals surface area contributed by atoms with Crippen molar-refractivity contribution in [2.75, 3.05) is 18.4 Å². The summed E-state index contributed by atoms with van der Waals surface area (Å²) in [7, 11) is 0. The number of carboxylic acids is 1. The van der Waals surface area contributed by atoms with Crippen LogP contribution in [0.5, 0.6) is 0 Å². The van der Waals surface area contributed by atoms with E-state index in [1.54, 1.807) is 11.3 Å². The van der Waals surface area contributed by atoms with E-state index in [-0.39, 0.29) is 12.6 Å². The van der Waals surface area contributed by atoms with E-state index in [0.717, 1.165) is 9.53 Å². The molecule has 0 bridgehead atoms. The summed E-state index contributed by atoms with van der Waals surface area (Å²) in [5, 5.41) is 14.1. The molecule has 3 heterocycles. The summed E-state index contributed by atoms with van der Waals surface area (Å²) in [6.07, 6.45) is 0.510. The largest absolute Gasteiger partial charge is 0.481 e. The Morgan fingerprint density at radius 2 is 2.37 bits per heavy atom. The molecule has 1 atom stereocenters. The van der Waals surface area contributed by atoms with Crippen molar-refractivity contribution in [3.8, 4) is 0 Å². The summed E-state index contributed by atoms with van der Waals surface area (Å²) in [6.45, 7) is 0.740. The summed E-state index contributed by atoms with van der Waals surface area (Å²) >= 11 is 3.02. The van der Waals surface area contributed by atoms with Gasteiger partial charge in [0.2, 0.25) is 0 Å². The van der Waals surface area contributed by atoms with Gasteiger partial charge in [0.15, 0.2) is 5.13 Å². The van der Waals surface area contributed by atoms with Gasteiger partial charge < -0.3 is 10.0 Å². The molecule has 1 aliphatic rings. The predicted molar refractivity (Wildman–Crippen MR) is 73.8 cm³/mol. The molecule has 2 aromatic rings. The summed E-state index contributed by atoms with van der Waals surface area (Å²) in [6, 6.07) is 1.63. The average Bonchev–Trinajstić information content (AvgIpc) is 3.02. The number of hydrogen-bond donors (Lipinski definition) is 2. The average molecular weight is 297 g/mol. The minimum atomic E-state index is -0.843. The Morgan fingerprint density at radius 1 is 1.53 bits per heavy atom. The molecule has 2 N–H and O–H groups in total. The van der Waals surface area contributed by atoms with Gasteiger partial charge in [-0.05, 0) is 17.9 Å². The first-order valence-electron chi connectivity index (χ1n) is 5.76. The highest BCUT2D eigenvalue weighted by Crippen LogP contribution is 2.30. The molecule has 100 valence electrons. The first-order valence-corrected chi connectivity index (χ1v) is 7.46. The van der Waals surface area contributed by atoms with Gasteiger partial charge in [-0.25, -0.2) is 9.78 Å². The van der Waals surface area contributed by atoms with Crippen LogP contribution in [0.3, 0.4) is 0 Å². The Morgan fingerprint density at radius 3 is 3.05 bits per heavy atom. The lowest BCUT2D eigenvalue weighted by molar-refractivity contribution is -0.141. The second-order valence-electron chi connectivity index (χ2n) is 4.31. The smallest absolute Gasteiger partial charge is 0.323 e. The van der Waals surface area contributed by atoms with E-state index in [2.05, 4.69) is 10.3 Å². The van der Waals surface area contributed by atoms with E-state index in [0.29, 0.717) is 18.1 Å². The minimum Gasteiger partial charge on any atom is -0.481 e. The Bertz CT molecular complexity index is 607. The van der Waals surface area contributed by atoms with Gasteiger partial charge in [0.05, 0.1) is 11.4 Å². The quantitative estimate of drug-likeness (QED) is 0.891. The molecule has 2 amide bonds. The van der Waals surface area contributed by atoms with Crippen molar-refractivity contribution in [1.82, 2.24) is 9.88 Å². The molecule has 3 rings (SSSR count). The molecule has 0 saturated carbocycles. The predicted octanol–water partition coefficient (Wildman–Crippen LogP) is 2.30. The molecule has 0 spiro atoms. The van der Waals surface area contributed by atoms with Crippen molar-refractivity contribution in [2.24, 2.45) is 5.92 Å². The van der Waals surface area contributed by atoms with Crippen molar-refractivity contribution in [2.45, 2.75) is 6.42 Å². The van der Waals surface area contributed by atoms with Crippen LogP contribution in [0.1, 0.15) is 6.42 Å². The maximum Gasteiger partial charge on any atom is 0.323 e. The molecular weight excluding hydrogens is 286 g/mol. The fraction of sp³-hybridized carbons (Fsp3) is 0.364. The van der Waals surface area contributed by atoms with Gasteiger partial charge in [-0.1, -0.05) is 11.3 Å². The highest BCUT2D eigenvalue weighted by molar-refractivity contribution is 7.39. The number of nitrogens with one attached hydrogen (secondary N) is 1. The fourth-order valence-corrected chi connectivity index (χ4v) is 3.87. The number of hydrogen-bond acceptors (Lipinski definition) is 5. The normalized spacial score (nSPS) is 18.9. The standard InChI is InChI=1S/C11H11N3O3S2/c15-8(16)6-1-3-14(5-6)11(17)13-10-12-7-2-4-18-9(7)19-10/h2,4,6H,1,3,5H2,(H,15,16)(H,12,13,17). The lowest BCUT2D eigenvalue weighted by Gasteiger charge is -2.15. The van der Waals surface area contributed by atoms with Crippen LogP contribution < -0.4 is 5.32 Å². The number of aliphatic carboxylic acids is 1. The number of amides is 2. The number of carboxylic acid groups (broad SMARTS) is 1. The first kappa shape index (κ1) is 12.4. The maximum atomic E-state index is 12.0. The molecule has 1 aliphatic heterocycles. The van der Waals surface area contributed by atoms with Crippen LogP contribution in [0.25, 0.3) is 9.53 Å². The van der Waals surface area contributed by atoms with Crippen molar-refractivity contribution < 1.29 is 14.7 Å². The number of carbonyl (C=O) groups is 2. The number of rotatable bonds is 2. The lowest BCUT2D eigenvalue weighted by Crippen LogP contribution is -2.33. The zero-order valence-electron chi connectivity index (χ0n) is 9.83. The number of thiazole rings is 1. The summed E-state index contributed by atoms with van der Waals surface area (Å²) < 4.78 is 1.07. The molecule has 19 heavy (non-hydrogen) atoms. The first-order chi connectivity index (χ1) is 9.13. The molecular formula is C11H11N3O3S2. The Kier molecular flexibility index (Phi) is 3.11. The zero-order valence-corrected chi connectivity index (χ0v) is 11.5. The van der Waals surface area contributed by atoms with Crippen molar-refractivity contribution in [1.29, 1.82) is 0 Å². The number of fused-ring (bicyclic) bond motifs is 1. The number of urea groups is 1. The van der Waals surface area contributed by atoms with Crippen LogP contribution in [0.4, 0.5) is 9.93 Å². The number of carbonyl (C=O) groups excluding carboxylic acids is 1. The van der Waals surface area contributed by atoms with Crippen LogP contribution in [-0.4, -0.2) is 40.1 Å².